The minimum Gasteiger partial charge on any atom is -0.320 e. The Morgan fingerprint density at radius 3 is 2.50 bits per heavy atom. The molecule has 2 aromatic rings. The predicted octanol–water partition coefficient (Wildman–Crippen LogP) is 3.59. The lowest BCUT2D eigenvalue weighted by molar-refractivity contribution is -0.116. The Morgan fingerprint density at radius 1 is 1.25 bits per heavy atom. The van der Waals surface area contributed by atoms with Crippen molar-refractivity contribution in [1.29, 1.82) is 0 Å². The number of carbonyl (C=O) groups is 1. The van der Waals surface area contributed by atoms with Crippen LogP contribution in [0.3, 0.4) is 0 Å². The van der Waals surface area contributed by atoms with Gasteiger partial charge in [-0.15, -0.1) is 12.3 Å². The number of terminal acetylenes is 1. The molecule has 1 N–H and O–H groups in total. The van der Waals surface area contributed by atoms with Crippen LogP contribution in [0.25, 0.3) is 5.69 Å². The maximum absolute atomic E-state index is 13.1. The number of nitrogens with zero attached hydrogens (tertiary/aromatic N) is 4. The summed E-state index contributed by atoms with van der Waals surface area (Å²) in [5, 5.41) is 10.9. The molecule has 1 aliphatic rings. The minimum atomic E-state index is -0.508. The zero-order valence-electron chi connectivity index (χ0n) is 16.5. The highest BCUT2D eigenvalue weighted by atomic mass is 16.2. The average molecular weight is 379 g/mol. The second kappa shape index (κ2) is 7.85. The number of aromatic nitrogens is 2. The van der Waals surface area contributed by atoms with Gasteiger partial charge in [0.2, 0.25) is 5.91 Å². The SMILES string of the molecule is C#CCCC1(CCC(=O)Nc2c(C(C)C)n(C)n(-c3ccccc3)c2=O)N=N1. The third kappa shape index (κ3) is 3.91. The van der Waals surface area contributed by atoms with Crippen molar-refractivity contribution in [2.24, 2.45) is 17.3 Å². The van der Waals surface area contributed by atoms with E-state index in [1.807, 2.05) is 51.2 Å². The number of anilines is 1. The molecule has 1 aliphatic heterocycles. The van der Waals surface area contributed by atoms with Gasteiger partial charge in [-0.05, 0) is 18.1 Å². The highest BCUT2D eigenvalue weighted by molar-refractivity contribution is 5.91. The number of benzene rings is 1. The van der Waals surface area contributed by atoms with Crippen LogP contribution in [0, 0.1) is 12.3 Å². The lowest BCUT2D eigenvalue weighted by Crippen LogP contribution is -2.23. The van der Waals surface area contributed by atoms with Crippen molar-refractivity contribution in [1.82, 2.24) is 9.36 Å². The summed E-state index contributed by atoms with van der Waals surface area (Å²) in [4.78, 5) is 25.6. The predicted molar refractivity (Wildman–Crippen MR) is 109 cm³/mol. The lowest BCUT2D eigenvalue weighted by Gasteiger charge is -2.13. The zero-order valence-corrected chi connectivity index (χ0v) is 16.5. The van der Waals surface area contributed by atoms with Crippen molar-refractivity contribution in [3.8, 4) is 18.0 Å². The number of rotatable bonds is 8. The summed E-state index contributed by atoms with van der Waals surface area (Å²) in [6.45, 7) is 3.99. The Bertz CT molecular complexity index is 986. The van der Waals surface area contributed by atoms with Crippen LogP contribution in [-0.2, 0) is 11.8 Å². The molecule has 0 atom stereocenters. The van der Waals surface area contributed by atoms with E-state index < -0.39 is 5.66 Å². The van der Waals surface area contributed by atoms with Crippen molar-refractivity contribution >= 4 is 11.6 Å². The molecule has 0 unspecified atom stereocenters. The standard InChI is InChI=1S/C21H25N5O2/c1-5-6-13-21(23-24-21)14-12-17(27)22-18-19(15(2)3)25(4)26(20(18)28)16-10-8-7-9-11-16/h1,7-11,15H,6,12-14H2,2-4H3,(H,22,27). The van der Waals surface area contributed by atoms with Gasteiger partial charge >= 0.3 is 0 Å². The minimum absolute atomic E-state index is 0.0633. The van der Waals surface area contributed by atoms with E-state index in [0.29, 0.717) is 24.9 Å². The van der Waals surface area contributed by atoms with Crippen LogP contribution in [0.15, 0.2) is 45.4 Å². The zero-order chi connectivity index (χ0) is 20.3. The van der Waals surface area contributed by atoms with Crippen molar-refractivity contribution < 1.29 is 4.79 Å². The van der Waals surface area contributed by atoms with Gasteiger partial charge in [0.15, 0.2) is 5.66 Å². The number of amides is 1. The molecule has 2 heterocycles. The first-order chi connectivity index (χ1) is 13.4. The Balaban J connectivity index is 1.81. The van der Waals surface area contributed by atoms with Crippen LogP contribution in [-0.4, -0.2) is 20.9 Å². The van der Waals surface area contributed by atoms with Gasteiger partial charge in [0.05, 0.1) is 11.4 Å². The van der Waals surface area contributed by atoms with Gasteiger partial charge in [0.25, 0.3) is 5.56 Å². The molecule has 3 rings (SSSR count). The fraction of sp³-hybridized carbons (Fsp3) is 0.429. The molecule has 0 fully saturated rings. The highest BCUT2D eigenvalue weighted by Crippen LogP contribution is 2.37. The van der Waals surface area contributed by atoms with E-state index in [-0.39, 0.29) is 23.8 Å². The molecule has 7 nitrogen and oxygen atoms in total. The molecule has 0 saturated carbocycles. The molecule has 0 spiro atoms. The van der Waals surface area contributed by atoms with E-state index in [2.05, 4.69) is 21.5 Å². The summed E-state index contributed by atoms with van der Waals surface area (Å²) >= 11 is 0. The number of hydrogen-bond acceptors (Lipinski definition) is 4. The summed E-state index contributed by atoms with van der Waals surface area (Å²) in [6.07, 6.45) is 7.25. The molecule has 1 aromatic heterocycles. The number of carbonyl (C=O) groups excluding carboxylic acids is 1. The summed E-state index contributed by atoms with van der Waals surface area (Å²) in [7, 11) is 1.83. The van der Waals surface area contributed by atoms with E-state index in [1.54, 1.807) is 9.36 Å². The fourth-order valence-electron chi connectivity index (χ4n) is 3.44. The van der Waals surface area contributed by atoms with Crippen LogP contribution in [0.2, 0.25) is 0 Å². The second-order valence-electron chi connectivity index (χ2n) is 7.33. The van der Waals surface area contributed by atoms with Crippen LogP contribution >= 0.6 is 0 Å². The summed E-state index contributed by atoms with van der Waals surface area (Å²) in [5.41, 5.74) is 1.11. The number of nitrogens with one attached hydrogen (secondary N) is 1. The molecule has 1 aromatic carbocycles. The average Bonchev–Trinajstić information content (AvgIpc) is 3.40. The number of hydrogen-bond donors (Lipinski definition) is 1. The van der Waals surface area contributed by atoms with Crippen molar-refractivity contribution in [2.45, 2.75) is 51.1 Å². The van der Waals surface area contributed by atoms with E-state index in [4.69, 9.17) is 6.42 Å². The maximum Gasteiger partial charge on any atom is 0.295 e. The van der Waals surface area contributed by atoms with Gasteiger partial charge in [0, 0.05) is 32.7 Å². The summed E-state index contributed by atoms with van der Waals surface area (Å²) < 4.78 is 3.38. The smallest absolute Gasteiger partial charge is 0.295 e. The Morgan fingerprint density at radius 2 is 1.93 bits per heavy atom. The Kier molecular flexibility index (Phi) is 5.50. The molecule has 1 amide bonds. The van der Waals surface area contributed by atoms with Gasteiger partial charge < -0.3 is 5.32 Å². The first-order valence-corrected chi connectivity index (χ1v) is 9.43. The topological polar surface area (TPSA) is 80.8 Å². The molecule has 0 bridgehead atoms. The van der Waals surface area contributed by atoms with E-state index >= 15 is 0 Å². The first kappa shape index (κ1) is 19.6. The Labute approximate surface area is 164 Å². The van der Waals surface area contributed by atoms with Crippen molar-refractivity contribution in [3.05, 3.63) is 46.4 Å². The lowest BCUT2D eigenvalue weighted by atomic mass is 10.0. The van der Waals surface area contributed by atoms with Crippen LogP contribution < -0.4 is 10.9 Å². The monoisotopic (exact) mass is 379 g/mol. The molecule has 0 saturated heterocycles. The number of para-hydroxylation sites is 1. The van der Waals surface area contributed by atoms with Gasteiger partial charge in [-0.1, -0.05) is 32.0 Å². The van der Waals surface area contributed by atoms with Crippen molar-refractivity contribution in [3.63, 3.8) is 0 Å². The quantitative estimate of drug-likeness (QED) is 0.711. The first-order valence-electron chi connectivity index (χ1n) is 9.43. The molecule has 28 heavy (non-hydrogen) atoms. The third-order valence-electron chi connectivity index (χ3n) is 4.93. The Hall–Kier alpha value is -3.14. The highest BCUT2D eigenvalue weighted by Gasteiger charge is 2.39. The maximum atomic E-state index is 13.1. The van der Waals surface area contributed by atoms with Gasteiger partial charge in [0.1, 0.15) is 5.69 Å². The summed E-state index contributed by atoms with van der Waals surface area (Å²) in [5.74, 6) is 2.42. The molecule has 0 aliphatic carbocycles. The normalized spacial score (nSPS) is 14.1. The molecule has 0 radical (unpaired) electrons. The molecule has 146 valence electrons. The largest absolute Gasteiger partial charge is 0.320 e. The van der Waals surface area contributed by atoms with Gasteiger partial charge in [-0.3, -0.25) is 14.3 Å². The summed E-state index contributed by atoms with van der Waals surface area (Å²) in [6, 6.07) is 9.37. The molecule has 7 heteroatoms. The van der Waals surface area contributed by atoms with E-state index in [1.165, 1.54) is 0 Å². The van der Waals surface area contributed by atoms with Crippen LogP contribution in [0.1, 0.15) is 51.1 Å². The fourth-order valence-corrected chi connectivity index (χ4v) is 3.44. The van der Waals surface area contributed by atoms with Crippen LogP contribution in [0.5, 0.6) is 0 Å². The molecular formula is C21H25N5O2. The third-order valence-corrected chi connectivity index (χ3v) is 4.93. The van der Waals surface area contributed by atoms with Gasteiger partial charge in [-0.25, -0.2) is 4.68 Å². The van der Waals surface area contributed by atoms with E-state index in [9.17, 15) is 9.59 Å². The van der Waals surface area contributed by atoms with Gasteiger partial charge in [-0.2, -0.15) is 10.2 Å². The molecular weight excluding hydrogens is 354 g/mol. The van der Waals surface area contributed by atoms with Crippen LogP contribution in [0.4, 0.5) is 5.69 Å². The van der Waals surface area contributed by atoms with Crippen molar-refractivity contribution in [2.75, 3.05) is 5.32 Å². The second-order valence-corrected chi connectivity index (χ2v) is 7.33. The van der Waals surface area contributed by atoms with E-state index in [0.717, 1.165) is 11.4 Å².